The predicted octanol–water partition coefficient (Wildman–Crippen LogP) is 3.82. The van der Waals surface area contributed by atoms with E-state index in [2.05, 4.69) is 4.98 Å². The first kappa shape index (κ1) is 14.7. The number of carboxylic acids is 1. The van der Waals surface area contributed by atoms with Crippen LogP contribution >= 0.6 is 22.7 Å². The summed E-state index contributed by atoms with van der Waals surface area (Å²) in [7, 11) is 0. The topological polar surface area (TPSA) is 93.3 Å². The van der Waals surface area contributed by atoms with Gasteiger partial charge in [-0.15, -0.1) is 22.7 Å². The highest BCUT2D eigenvalue weighted by atomic mass is 32.1. The van der Waals surface area contributed by atoms with E-state index < -0.39 is 5.97 Å². The minimum Gasteiger partial charge on any atom is -0.477 e. The summed E-state index contributed by atoms with van der Waals surface area (Å²) in [5, 5.41) is 11.7. The Morgan fingerprint density at radius 3 is 2.64 bits per heavy atom. The molecule has 22 heavy (non-hydrogen) atoms. The van der Waals surface area contributed by atoms with Crippen molar-refractivity contribution in [1.82, 2.24) is 4.98 Å². The summed E-state index contributed by atoms with van der Waals surface area (Å²) in [6, 6.07) is 3.77. The second-order valence-corrected chi connectivity index (χ2v) is 6.76. The maximum atomic E-state index is 12.1. The van der Waals surface area contributed by atoms with Crippen LogP contribution in [0.3, 0.4) is 0 Å². The molecule has 0 aliphatic carbocycles. The molecule has 0 bridgehead atoms. The van der Waals surface area contributed by atoms with Gasteiger partial charge in [0.1, 0.15) is 9.71 Å². The zero-order valence-electron chi connectivity index (χ0n) is 11.8. The highest BCUT2D eigenvalue weighted by Gasteiger charge is 2.25. The molecule has 112 valence electrons. The molecule has 3 heterocycles. The van der Waals surface area contributed by atoms with E-state index in [0.717, 1.165) is 16.2 Å². The van der Waals surface area contributed by atoms with Crippen molar-refractivity contribution in [1.29, 1.82) is 0 Å². The Hall–Kier alpha value is -2.25. The van der Waals surface area contributed by atoms with E-state index in [4.69, 9.17) is 5.73 Å². The lowest BCUT2D eigenvalue weighted by molar-refractivity contribution is 0.0703. The van der Waals surface area contributed by atoms with Gasteiger partial charge < -0.3 is 10.8 Å². The number of hydrogen-bond acceptors (Lipinski definition) is 6. The number of rotatable bonds is 3. The minimum atomic E-state index is -1.08. The number of carboxylic acid groups (broad SMARTS) is 1. The predicted molar refractivity (Wildman–Crippen MR) is 89.0 cm³/mol. The van der Waals surface area contributed by atoms with Crippen LogP contribution in [0, 0.1) is 6.92 Å². The average Bonchev–Trinajstić information content (AvgIpc) is 3.05. The summed E-state index contributed by atoms with van der Waals surface area (Å²) in [4.78, 5) is 29.3. The lowest BCUT2D eigenvalue weighted by Gasteiger charge is -2.10. The summed E-state index contributed by atoms with van der Waals surface area (Å²) < 4.78 is 0. The molecule has 3 aromatic heterocycles. The molecule has 3 aromatic rings. The molecule has 3 rings (SSSR count). The number of carbonyl (C=O) groups is 2. The first-order valence-electron chi connectivity index (χ1n) is 6.42. The van der Waals surface area contributed by atoms with Crippen LogP contribution in [0.1, 0.15) is 32.6 Å². The SMILES string of the molecule is CC(=O)c1c(C)nc2sc(C(=O)O)c(N)c2c1-c1cccs1. The van der Waals surface area contributed by atoms with Gasteiger partial charge in [0.15, 0.2) is 5.78 Å². The molecule has 0 fully saturated rings. The molecule has 0 amide bonds. The number of Topliss-reactive ketones (excluding diaryl/α,β-unsaturated/α-hetero) is 1. The van der Waals surface area contributed by atoms with Crippen molar-refractivity contribution in [2.45, 2.75) is 13.8 Å². The Morgan fingerprint density at radius 1 is 1.36 bits per heavy atom. The number of carbonyl (C=O) groups excluding carboxylic acids is 1. The lowest BCUT2D eigenvalue weighted by Crippen LogP contribution is -2.03. The number of ketones is 1. The van der Waals surface area contributed by atoms with Gasteiger partial charge in [0.2, 0.25) is 0 Å². The molecular formula is C15H12N2O3S2. The smallest absolute Gasteiger partial charge is 0.348 e. The molecular weight excluding hydrogens is 320 g/mol. The van der Waals surface area contributed by atoms with Crippen LogP contribution in [0.15, 0.2) is 17.5 Å². The Bertz CT molecular complexity index is 911. The molecule has 0 spiro atoms. The van der Waals surface area contributed by atoms with Gasteiger partial charge in [-0.05, 0) is 25.3 Å². The largest absolute Gasteiger partial charge is 0.477 e. The van der Waals surface area contributed by atoms with Crippen LogP contribution in [0.5, 0.6) is 0 Å². The van der Waals surface area contributed by atoms with E-state index in [-0.39, 0.29) is 16.3 Å². The number of anilines is 1. The van der Waals surface area contributed by atoms with E-state index >= 15 is 0 Å². The number of fused-ring (bicyclic) bond motifs is 1. The van der Waals surface area contributed by atoms with Gasteiger partial charge >= 0.3 is 5.97 Å². The standard InChI is InChI=1S/C15H12N2O3S2/c1-6-9(7(2)18)10(8-4-3-5-21-8)11-12(16)13(15(19)20)22-14(11)17-6/h3-5H,16H2,1-2H3,(H,19,20). The Morgan fingerprint density at radius 2 is 2.09 bits per heavy atom. The Balaban J connectivity index is 2.53. The molecule has 0 aliphatic rings. The fraction of sp³-hybridized carbons (Fsp3) is 0.133. The molecule has 0 unspecified atom stereocenters. The van der Waals surface area contributed by atoms with Crippen LogP contribution < -0.4 is 5.73 Å². The van der Waals surface area contributed by atoms with E-state index in [1.54, 1.807) is 6.92 Å². The molecule has 5 nitrogen and oxygen atoms in total. The van der Waals surface area contributed by atoms with Crippen molar-refractivity contribution < 1.29 is 14.7 Å². The Kier molecular flexibility index (Phi) is 3.46. The highest BCUT2D eigenvalue weighted by molar-refractivity contribution is 7.21. The van der Waals surface area contributed by atoms with E-state index in [0.29, 0.717) is 27.0 Å². The van der Waals surface area contributed by atoms with Gasteiger partial charge in [-0.2, -0.15) is 0 Å². The normalized spacial score (nSPS) is 11.0. The van der Waals surface area contributed by atoms with Crippen molar-refractivity contribution in [3.63, 3.8) is 0 Å². The molecule has 7 heteroatoms. The highest BCUT2D eigenvalue weighted by Crippen LogP contribution is 2.43. The van der Waals surface area contributed by atoms with Gasteiger partial charge in [0, 0.05) is 21.4 Å². The molecule has 0 saturated carbocycles. The van der Waals surface area contributed by atoms with Gasteiger partial charge in [-0.3, -0.25) is 4.79 Å². The fourth-order valence-electron chi connectivity index (χ4n) is 2.52. The third-order valence-corrected chi connectivity index (χ3v) is 5.35. The van der Waals surface area contributed by atoms with Gasteiger partial charge in [-0.25, -0.2) is 9.78 Å². The van der Waals surface area contributed by atoms with Crippen LogP contribution in [-0.2, 0) is 0 Å². The lowest BCUT2D eigenvalue weighted by atomic mass is 9.98. The number of aromatic carboxylic acids is 1. The monoisotopic (exact) mass is 332 g/mol. The number of hydrogen-bond donors (Lipinski definition) is 2. The van der Waals surface area contributed by atoms with E-state index in [1.807, 2.05) is 17.5 Å². The summed E-state index contributed by atoms with van der Waals surface area (Å²) in [5.41, 5.74) is 7.99. The second kappa shape index (κ2) is 5.19. The van der Waals surface area contributed by atoms with Gasteiger partial charge in [0.05, 0.1) is 11.4 Å². The number of thiophene rings is 2. The molecule has 0 aromatic carbocycles. The number of pyridine rings is 1. The summed E-state index contributed by atoms with van der Waals surface area (Å²) in [5.74, 6) is -1.20. The third-order valence-electron chi connectivity index (χ3n) is 3.37. The van der Waals surface area contributed by atoms with Gasteiger partial charge in [0.25, 0.3) is 0 Å². The third kappa shape index (κ3) is 2.10. The molecule has 0 saturated heterocycles. The maximum absolute atomic E-state index is 12.1. The first-order valence-corrected chi connectivity index (χ1v) is 8.12. The van der Waals surface area contributed by atoms with Crippen LogP contribution in [0.2, 0.25) is 0 Å². The van der Waals surface area contributed by atoms with Crippen LogP contribution in [0.25, 0.3) is 20.7 Å². The minimum absolute atomic E-state index is 0.0559. The van der Waals surface area contributed by atoms with Crippen molar-refractivity contribution in [2.75, 3.05) is 5.73 Å². The quantitative estimate of drug-likeness (QED) is 0.711. The van der Waals surface area contributed by atoms with Crippen molar-refractivity contribution >= 4 is 50.3 Å². The number of nitrogens with zero attached hydrogens (tertiary/aromatic N) is 1. The average molecular weight is 332 g/mol. The number of aromatic nitrogens is 1. The number of nitrogen functional groups attached to an aromatic ring is 1. The van der Waals surface area contributed by atoms with E-state index in [9.17, 15) is 14.7 Å². The maximum Gasteiger partial charge on any atom is 0.348 e. The number of aryl methyl sites for hydroxylation is 1. The summed E-state index contributed by atoms with van der Waals surface area (Å²) in [6.45, 7) is 3.23. The Labute approximate surface area is 134 Å². The van der Waals surface area contributed by atoms with Gasteiger partial charge in [-0.1, -0.05) is 6.07 Å². The zero-order valence-corrected chi connectivity index (χ0v) is 13.5. The van der Waals surface area contributed by atoms with E-state index in [1.165, 1.54) is 18.3 Å². The van der Waals surface area contributed by atoms with Crippen molar-refractivity contribution in [3.8, 4) is 10.4 Å². The molecule has 0 aliphatic heterocycles. The zero-order chi connectivity index (χ0) is 16.0. The summed E-state index contributed by atoms with van der Waals surface area (Å²) >= 11 is 2.51. The first-order chi connectivity index (χ1) is 10.4. The molecule has 0 radical (unpaired) electrons. The second-order valence-electron chi connectivity index (χ2n) is 4.81. The van der Waals surface area contributed by atoms with Crippen molar-refractivity contribution in [2.24, 2.45) is 0 Å². The van der Waals surface area contributed by atoms with Crippen LogP contribution in [0.4, 0.5) is 5.69 Å². The van der Waals surface area contributed by atoms with Crippen LogP contribution in [-0.4, -0.2) is 21.8 Å². The summed E-state index contributed by atoms with van der Waals surface area (Å²) in [6.07, 6.45) is 0. The fourth-order valence-corrected chi connectivity index (χ4v) is 4.29. The number of nitrogens with two attached hydrogens (primary N) is 1. The van der Waals surface area contributed by atoms with Crippen molar-refractivity contribution in [3.05, 3.63) is 33.6 Å². The molecule has 3 N–H and O–H groups in total. The molecule has 0 atom stereocenters.